The van der Waals surface area contributed by atoms with Crippen molar-refractivity contribution < 1.29 is 27.5 Å². The van der Waals surface area contributed by atoms with Crippen LogP contribution < -0.4 is 20.5 Å². The van der Waals surface area contributed by atoms with E-state index in [9.17, 15) is 18.0 Å². The number of nitrogens with one attached hydrogen (secondary N) is 2. The van der Waals surface area contributed by atoms with Crippen LogP contribution in [-0.2, 0) is 25.1 Å². The first kappa shape index (κ1) is 42.3. The number of rotatable bonds is 22. The first-order valence-corrected chi connectivity index (χ1v) is 20.3. The number of nitrogens with two attached hydrogens (primary N) is 1. The summed E-state index contributed by atoms with van der Waals surface area (Å²) < 4.78 is 39.6. The predicted octanol–water partition coefficient (Wildman–Crippen LogP) is 8.71. The molecule has 3 aromatic rings. The first-order valence-electron chi connectivity index (χ1n) is 18.6. The first-order chi connectivity index (χ1) is 24.5. The van der Waals surface area contributed by atoms with Gasteiger partial charge < -0.3 is 20.5 Å². The summed E-state index contributed by atoms with van der Waals surface area (Å²) in [5, 5.41) is 8.14. The number of nitrogens with zero attached hydrogens (tertiary/aromatic N) is 3. The van der Waals surface area contributed by atoms with Gasteiger partial charge in [0.2, 0.25) is 15.9 Å². The van der Waals surface area contributed by atoms with Gasteiger partial charge in [-0.15, -0.1) is 0 Å². The van der Waals surface area contributed by atoms with Crippen molar-refractivity contribution in [3.05, 3.63) is 48.2 Å². The van der Waals surface area contributed by atoms with E-state index < -0.39 is 27.1 Å². The Kier molecular flexibility index (Phi) is 16.0. The second-order valence-corrected chi connectivity index (χ2v) is 17.2. The van der Waals surface area contributed by atoms with Gasteiger partial charge in [0.05, 0.1) is 17.9 Å². The highest BCUT2D eigenvalue weighted by Crippen LogP contribution is 2.35. The average Bonchev–Trinajstić information content (AvgIpc) is 3.44. The van der Waals surface area contributed by atoms with E-state index in [1.807, 2.05) is 41.5 Å². The number of unbranched alkanes of at least 4 members (excludes halogenated alkanes) is 10. The van der Waals surface area contributed by atoms with Crippen LogP contribution in [0, 0.1) is 0 Å². The summed E-state index contributed by atoms with van der Waals surface area (Å²) in [6.07, 6.45) is 14.6. The normalized spacial score (nSPS) is 12.1. The van der Waals surface area contributed by atoms with Gasteiger partial charge in [-0.2, -0.15) is 5.10 Å². The number of pyridine rings is 1. The fraction of sp³-hybridized carbons (Fsp3) is 0.590. The molecule has 0 bridgehead atoms. The molecule has 0 unspecified atom stereocenters. The van der Waals surface area contributed by atoms with Gasteiger partial charge in [-0.25, -0.2) is 18.1 Å². The van der Waals surface area contributed by atoms with Gasteiger partial charge in [0.15, 0.2) is 0 Å². The highest BCUT2D eigenvalue weighted by Gasteiger charge is 2.29. The molecule has 13 heteroatoms. The van der Waals surface area contributed by atoms with Gasteiger partial charge in [-0.3, -0.25) is 14.3 Å². The van der Waals surface area contributed by atoms with Crippen LogP contribution in [0.15, 0.2) is 42.6 Å². The van der Waals surface area contributed by atoms with Crippen LogP contribution in [0.4, 0.5) is 17.2 Å². The Hall–Kier alpha value is -4.13. The van der Waals surface area contributed by atoms with Crippen molar-refractivity contribution in [2.45, 2.75) is 137 Å². The maximum absolute atomic E-state index is 12.9. The number of aromatic nitrogens is 3. The molecule has 4 N–H and O–H groups in total. The number of hydrogen-bond acceptors (Lipinski definition) is 9. The fourth-order valence-corrected chi connectivity index (χ4v) is 6.28. The maximum atomic E-state index is 12.9. The number of ether oxygens (including phenoxy) is 2. The molecular weight excluding hydrogens is 681 g/mol. The van der Waals surface area contributed by atoms with Crippen molar-refractivity contribution in [2.24, 2.45) is 5.73 Å². The molecule has 2 heterocycles. The Bertz CT molecular complexity index is 1690. The van der Waals surface area contributed by atoms with Gasteiger partial charge >= 0.3 is 5.97 Å². The van der Waals surface area contributed by atoms with Gasteiger partial charge in [-0.05, 0) is 79.5 Å². The SMILES string of the molecule is CCS(=O)(=O)Nc1ccc(-c2nn(C(C)(C)C)c(Nc3ccnc(OCCCCCCCCCCCCCC(=O)OC(C)(C)C)c3)c2C(N)=O)cc1. The molecule has 1 amide bonds. The molecule has 1 aromatic carbocycles. The molecule has 288 valence electrons. The van der Waals surface area contributed by atoms with E-state index in [1.165, 1.54) is 44.9 Å². The van der Waals surface area contributed by atoms with Crippen molar-refractivity contribution in [1.82, 2.24) is 14.8 Å². The Morgan fingerprint density at radius 1 is 0.827 bits per heavy atom. The van der Waals surface area contributed by atoms with Gasteiger partial charge in [0, 0.05) is 35.6 Å². The van der Waals surface area contributed by atoms with Crippen LogP contribution in [0.1, 0.15) is 136 Å². The predicted molar refractivity (Wildman–Crippen MR) is 209 cm³/mol. The molecule has 0 atom stereocenters. The summed E-state index contributed by atoms with van der Waals surface area (Å²) in [6, 6.07) is 10.2. The monoisotopic (exact) mass is 740 g/mol. The van der Waals surface area contributed by atoms with Crippen LogP contribution in [0.5, 0.6) is 5.88 Å². The maximum Gasteiger partial charge on any atom is 0.306 e. The number of sulfonamides is 1. The summed E-state index contributed by atoms with van der Waals surface area (Å²) >= 11 is 0. The molecule has 0 saturated carbocycles. The Balaban J connectivity index is 1.47. The third kappa shape index (κ3) is 14.5. The molecule has 0 aliphatic carbocycles. The van der Waals surface area contributed by atoms with Gasteiger partial charge in [0.1, 0.15) is 22.7 Å². The van der Waals surface area contributed by atoms with E-state index in [2.05, 4.69) is 15.0 Å². The van der Waals surface area contributed by atoms with Crippen molar-refractivity contribution >= 4 is 39.1 Å². The minimum atomic E-state index is -3.43. The standard InChI is InChI=1S/C39H60N6O6S/c1-8-52(48,49)44-30-23-21-29(22-24-30)35-34(36(40)47)37(45(43-35)38(2,3)4)42-31-25-26-41-32(28-31)50-27-19-17-15-13-11-9-10-12-14-16-18-20-33(46)51-39(5,6)7/h21-26,28,44H,8-20,27H2,1-7H3,(H2,40,47)(H,41,42). The van der Waals surface area contributed by atoms with Crippen LogP contribution in [0.25, 0.3) is 11.3 Å². The number of primary amides is 1. The van der Waals surface area contributed by atoms with Crippen molar-refractivity contribution in [2.75, 3.05) is 22.4 Å². The lowest BCUT2D eigenvalue weighted by molar-refractivity contribution is -0.154. The van der Waals surface area contributed by atoms with Gasteiger partial charge in [0.25, 0.3) is 5.91 Å². The van der Waals surface area contributed by atoms with Gasteiger partial charge in [-0.1, -0.05) is 69.9 Å². The van der Waals surface area contributed by atoms with E-state index >= 15 is 0 Å². The lowest BCUT2D eigenvalue weighted by atomic mass is 10.1. The van der Waals surface area contributed by atoms with Crippen molar-refractivity contribution in [3.8, 4) is 17.1 Å². The summed E-state index contributed by atoms with van der Waals surface area (Å²) in [6.45, 7) is 13.7. The van der Waals surface area contributed by atoms with E-state index in [4.69, 9.17) is 20.3 Å². The third-order valence-electron chi connectivity index (χ3n) is 8.27. The Morgan fingerprint density at radius 3 is 1.94 bits per heavy atom. The number of benzene rings is 1. The number of esters is 1. The molecular formula is C39H60N6O6S. The topological polar surface area (TPSA) is 168 Å². The molecule has 0 radical (unpaired) electrons. The molecule has 0 fully saturated rings. The van der Waals surface area contributed by atoms with Crippen LogP contribution >= 0.6 is 0 Å². The minimum Gasteiger partial charge on any atom is -0.478 e. The molecule has 0 spiro atoms. The second kappa shape index (κ2) is 19.6. The van der Waals surface area contributed by atoms with E-state index in [-0.39, 0.29) is 17.3 Å². The number of anilines is 3. The molecule has 0 aliphatic rings. The highest BCUT2D eigenvalue weighted by molar-refractivity contribution is 7.92. The number of carbonyl (C=O) groups excluding carboxylic acids is 2. The summed E-state index contributed by atoms with van der Waals surface area (Å²) in [4.78, 5) is 29.1. The lowest BCUT2D eigenvalue weighted by Gasteiger charge is -2.23. The van der Waals surface area contributed by atoms with E-state index in [0.29, 0.717) is 47.4 Å². The van der Waals surface area contributed by atoms with Crippen molar-refractivity contribution in [3.63, 3.8) is 0 Å². The average molecular weight is 741 g/mol. The zero-order valence-corrected chi connectivity index (χ0v) is 33.0. The number of hydrogen-bond donors (Lipinski definition) is 3. The second-order valence-electron chi connectivity index (χ2n) is 15.2. The van der Waals surface area contributed by atoms with E-state index in [1.54, 1.807) is 54.2 Å². The summed E-state index contributed by atoms with van der Waals surface area (Å²) in [5.41, 5.74) is 7.30. The molecule has 2 aromatic heterocycles. The largest absolute Gasteiger partial charge is 0.478 e. The highest BCUT2D eigenvalue weighted by atomic mass is 32.2. The molecule has 12 nitrogen and oxygen atoms in total. The molecule has 0 aliphatic heterocycles. The fourth-order valence-electron chi connectivity index (χ4n) is 5.64. The zero-order valence-electron chi connectivity index (χ0n) is 32.2. The smallest absolute Gasteiger partial charge is 0.306 e. The summed E-state index contributed by atoms with van der Waals surface area (Å²) in [7, 11) is -3.43. The van der Waals surface area contributed by atoms with Crippen LogP contribution in [0.2, 0.25) is 0 Å². The van der Waals surface area contributed by atoms with Crippen LogP contribution in [-0.4, -0.2) is 53.0 Å². The van der Waals surface area contributed by atoms with Crippen LogP contribution in [0.3, 0.4) is 0 Å². The number of amides is 1. The zero-order chi connectivity index (χ0) is 38.4. The number of carbonyl (C=O) groups is 2. The molecule has 0 saturated heterocycles. The Morgan fingerprint density at radius 2 is 1.40 bits per heavy atom. The minimum absolute atomic E-state index is 0.0441. The van der Waals surface area contributed by atoms with E-state index in [0.717, 1.165) is 25.7 Å². The molecule has 52 heavy (non-hydrogen) atoms. The van der Waals surface area contributed by atoms with Crippen molar-refractivity contribution in [1.29, 1.82) is 0 Å². The quantitative estimate of drug-likeness (QED) is 0.0674. The summed E-state index contributed by atoms with van der Waals surface area (Å²) in [5.74, 6) is 0.114. The third-order valence-corrected chi connectivity index (χ3v) is 9.58. The molecule has 3 rings (SSSR count). The Labute approximate surface area is 310 Å². The lowest BCUT2D eigenvalue weighted by Crippen LogP contribution is -2.25.